The molecular formula is C26H36ClN3O4S. The third kappa shape index (κ3) is 7.97. The Hall–Kier alpha value is -2.58. The average molecular weight is 522 g/mol. The molecule has 0 heterocycles. The van der Waals surface area contributed by atoms with Gasteiger partial charge in [0.25, 0.3) is 0 Å². The second-order valence-electron chi connectivity index (χ2n) is 9.12. The third-order valence-corrected chi connectivity index (χ3v) is 7.50. The van der Waals surface area contributed by atoms with Gasteiger partial charge in [-0.05, 0) is 55.5 Å². The zero-order valence-electron chi connectivity index (χ0n) is 21.3. The summed E-state index contributed by atoms with van der Waals surface area (Å²) in [6, 6.07) is 13.3. The summed E-state index contributed by atoms with van der Waals surface area (Å²) >= 11 is 6.33. The molecule has 2 aromatic rings. The number of carbonyl (C=O) groups excluding carboxylic acids is 2. The zero-order valence-corrected chi connectivity index (χ0v) is 22.9. The van der Waals surface area contributed by atoms with Crippen LogP contribution < -0.4 is 9.62 Å². The van der Waals surface area contributed by atoms with Crippen molar-refractivity contribution in [3.63, 3.8) is 0 Å². The molecule has 0 aromatic heterocycles. The van der Waals surface area contributed by atoms with Gasteiger partial charge in [-0.1, -0.05) is 62.7 Å². The van der Waals surface area contributed by atoms with E-state index in [-0.39, 0.29) is 24.4 Å². The van der Waals surface area contributed by atoms with E-state index in [2.05, 4.69) is 5.32 Å². The molecule has 0 fully saturated rings. The van der Waals surface area contributed by atoms with Crippen molar-refractivity contribution in [2.24, 2.45) is 0 Å². The van der Waals surface area contributed by atoms with Gasteiger partial charge in [-0.2, -0.15) is 0 Å². The van der Waals surface area contributed by atoms with Gasteiger partial charge in [0.2, 0.25) is 21.8 Å². The first-order chi connectivity index (χ1) is 16.3. The number of anilines is 1. The zero-order chi connectivity index (χ0) is 26.3. The Morgan fingerprint density at radius 1 is 1.00 bits per heavy atom. The summed E-state index contributed by atoms with van der Waals surface area (Å²) in [6.07, 6.45) is 1.80. The van der Waals surface area contributed by atoms with Crippen LogP contribution in [0.15, 0.2) is 48.5 Å². The minimum absolute atomic E-state index is 0.0609. The van der Waals surface area contributed by atoms with Crippen molar-refractivity contribution in [1.29, 1.82) is 0 Å². The maximum Gasteiger partial charge on any atom is 0.244 e. The highest BCUT2D eigenvalue weighted by Crippen LogP contribution is 2.23. The van der Waals surface area contributed by atoms with Crippen LogP contribution in [0.4, 0.5) is 5.69 Å². The van der Waals surface area contributed by atoms with Crippen LogP contribution in [-0.2, 0) is 26.2 Å². The number of halogens is 1. The van der Waals surface area contributed by atoms with Crippen LogP contribution in [0.3, 0.4) is 0 Å². The molecule has 0 saturated heterocycles. The molecule has 0 aliphatic rings. The molecule has 2 atom stereocenters. The molecule has 2 aromatic carbocycles. The summed E-state index contributed by atoms with van der Waals surface area (Å²) in [4.78, 5) is 27.9. The number of benzene rings is 2. The Labute approximate surface area is 214 Å². The lowest BCUT2D eigenvalue weighted by Gasteiger charge is -2.32. The molecule has 9 heteroatoms. The highest BCUT2D eigenvalue weighted by Gasteiger charge is 2.30. The summed E-state index contributed by atoms with van der Waals surface area (Å²) < 4.78 is 26.4. The van der Waals surface area contributed by atoms with Crippen molar-refractivity contribution in [2.45, 2.75) is 65.6 Å². The predicted molar refractivity (Wildman–Crippen MR) is 142 cm³/mol. The molecular weight excluding hydrogens is 486 g/mol. The Morgan fingerprint density at radius 3 is 2.11 bits per heavy atom. The van der Waals surface area contributed by atoms with E-state index in [0.717, 1.165) is 22.5 Å². The molecule has 0 spiro atoms. The average Bonchev–Trinajstić information content (AvgIpc) is 2.80. The molecule has 2 amide bonds. The van der Waals surface area contributed by atoms with Crippen LogP contribution in [0.2, 0.25) is 5.02 Å². The molecule has 35 heavy (non-hydrogen) atoms. The van der Waals surface area contributed by atoms with Crippen molar-refractivity contribution < 1.29 is 18.0 Å². The molecule has 0 aliphatic carbocycles. The quantitative estimate of drug-likeness (QED) is 0.469. The molecule has 0 saturated carbocycles. The van der Waals surface area contributed by atoms with E-state index in [9.17, 15) is 18.0 Å². The SMILES string of the molecule is CC[C@@H](C)NC(=O)[C@@H](C)N(Cc1ccccc1Cl)C(=O)CN(c1ccc(C(C)C)cc1)S(C)(=O)=O. The Balaban J connectivity index is 2.40. The number of nitrogens with one attached hydrogen (secondary N) is 1. The molecule has 0 radical (unpaired) electrons. The van der Waals surface area contributed by atoms with Crippen LogP contribution in [-0.4, -0.2) is 50.0 Å². The van der Waals surface area contributed by atoms with Crippen molar-refractivity contribution in [3.05, 3.63) is 64.7 Å². The number of carbonyl (C=O) groups is 2. The van der Waals surface area contributed by atoms with Gasteiger partial charge >= 0.3 is 0 Å². The van der Waals surface area contributed by atoms with Gasteiger partial charge in [-0.25, -0.2) is 8.42 Å². The first kappa shape index (κ1) is 28.7. The van der Waals surface area contributed by atoms with Crippen molar-refractivity contribution in [3.8, 4) is 0 Å². The van der Waals surface area contributed by atoms with E-state index in [0.29, 0.717) is 16.3 Å². The second kappa shape index (κ2) is 12.4. The summed E-state index contributed by atoms with van der Waals surface area (Å²) in [6.45, 7) is 9.20. The van der Waals surface area contributed by atoms with Crippen LogP contribution in [0.25, 0.3) is 0 Å². The summed E-state index contributed by atoms with van der Waals surface area (Å²) in [5, 5.41) is 3.36. The van der Waals surface area contributed by atoms with Crippen LogP contribution in [0, 0.1) is 0 Å². The van der Waals surface area contributed by atoms with Crippen LogP contribution in [0.1, 0.15) is 58.1 Å². The van der Waals surface area contributed by atoms with E-state index in [1.165, 1.54) is 4.90 Å². The lowest BCUT2D eigenvalue weighted by Crippen LogP contribution is -2.52. The van der Waals surface area contributed by atoms with Gasteiger partial charge in [-0.15, -0.1) is 0 Å². The molecule has 7 nitrogen and oxygen atoms in total. The molecule has 2 rings (SSSR count). The first-order valence-electron chi connectivity index (χ1n) is 11.8. The minimum atomic E-state index is -3.77. The molecule has 0 aliphatic heterocycles. The topological polar surface area (TPSA) is 86.8 Å². The number of rotatable bonds is 11. The Morgan fingerprint density at radius 2 is 1.60 bits per heavy atom. The third-order valence-electron chi connectivity index (χ3n) is 5.99. The maximum absolute atomic E-state index is 13.6. The number of hydrogen-bond donors (Lipinski definition) is 1. The van der Waals surface area contributed by atoms with E-state index >= 15 is 0 Å². The molecule has 0 unspecified atom stereocenters. The summed E-state index contributed by atoms with van der Waals surface area (Å²) in [5.41, 5.74) is 2.11. The van der Waals surface area contributed by atoms with Gasteiger partial charge < -0.3 is 10.2 Å². The highest BCUT2D eigenvalue weighted by molar-refractivity contribution is 7.92. The summed E-state index contributed by atoms with van der Waals surface area (Å²) in [7, 11) is -3.77. The fraction of sp³-hybridized carbons (Fsp3) is 0.462. The van der Waals surface area contributed by atoms with Crippen molar-refractivity contribution >= 4 is 39.1 Å². The minimum Gasteiger partial charge on any atom is -0.352 e. The molecule has 0 bridgehead atoms. The van der Waals surface area contributed by atoms with Gasteiger partial charge in [-0.3, -0.25) is 13.9 Å². The second-order valence-corrected chi connectivity index (χ2v) is 11.4. The number of amides is 2. The standard InChI is InChI=1S/C26H36ClN3O4S/c1-7-19(4)28-26(32)20(5)29(16-22-10-8-9-11-24(22)27)25(31)17-30(35(6,33)34)23-14-12-21(13-15-23)18(2)3/h8-15,18-20H,7,16-17H2,1-6H3,(H,28,32)/t19-,20-/m1/s1. The first-order valence-corrected chi connectivity index (χ1v) is 14.0. The predicted octanol–water partition coefficient (Wildman–Crippen LogP) is 4.56. The monoisotopic (exact) mass is 521 g/mol. The number of nitrogens with zero attached hydrogens (tertiary/aromatic N) is 2. The van der Waals surface area contributed by atoms with Crippen LogP contribution in [0.5, 0.6) is 0 Å². The van der Waals surface area contributed by atoms with E-state index in [1.54, 1.807) is 43.3 Å². The number of hydrogen-bond acceptors (Lipinski definition) is 4. The Bertz CT molecular complexity index is 1120. The van der Waals surface area contributed by atoms with Gasteiger partial charge in [0.05, 0.1) is 11.9 Å². The van der Waals surface area contributed by atoms with Gasteiger partial charge in [0.1, 0.15) is 12.6 Å². The van der Waals surface area contributed by atoms with Crippen LogP contribution >= 0.6 is 11.6 Å². The van der Waals surface area contributed by atoms with E-state index in [1.807, 2.05) is 39.8 Å². The lowest BCUT2D eigenvalue weighted by atomic mass is 10.0. The Kier molecular flexibility index (Phi) is 10.2. The van der Waals surface area contributed by atoms with E-state index in [4.69, 9.17) is 11.6 Å². The lowest BCUT2D eigenvalue weighted by molar-refractivity contribution is -0.139. The van der Waals surface area contributed by atoms with Gasteiger partial charge in [0, 0.05) is 17.6 Å². The smallest absolute Gasteiger partial charge is 0.244 e. The maximum atomic E-state index is 13.6. The van der Waals surface area contributed by atoms with Crippen molar-refractivity contribution in [1.82, 2.24) is 10.2 Å². The fourth-order valence-electron chi connectivity index (χ4n) is 3.50. The summed E-state index contributed by atoms with van der Waals surface area (Å²) in [5.74, 6) is -0.532. The molecule has 1 N–H and O–H groups in total. The van der Waals surface area contributed by atoms with E-state index < -0.39 is 28.5 Å². The van der Waals surface area contributed by atoms with Crippen molar-refractivity contribution in [2.75, 3.05) is 17.1 Å². The van der Waals surface area contributed by atoms with Gasteiger partial charge in [0.15, 0.2) is 0 Å². The largest absolute Gasteiger partial charge is 0.352 e. The normalized spacial score (nSPS) is 13.3. The fourth-order valence-corrected chi connectivity index (χ4v) is 4.54. The molecule has 192 valence electrons. The number of sulfonamides is 1. The highest BCUT2D eigenvalue weighted by atomic mass is 35.5.